The number of quaternary nitrogens is 1. The second kappa shape index (κ2) is 14.2. The van der Waals surface area contributed by atoms with Crippen molar-refractivity contribution in [1.29, 1.82) is 0 Å². The standard InChI is InChI=1S/C36H47N5O7S/c1-36(2,3)26-23-30(34(46-4)31(24-26)38-49(44,45)25-41-17-11-39(12-18-41)13-19-41)37-35(43)33(42)29-9-10-32(28-8-6-5-7-27(28)29)48-22-16-40-14-20-47-21-15-40/h5-10,23-24,38H,11-22,25H2,1-4H3/p+1. The summed E-state index contributed by atoms with van der Waals surface area (Å²) in [6.07, 6.45) is 0. The molecule has 0 aliphatic carbocycles. The molecule has 0 aromatic heterocycles. The van der Waals surface area contributed by atoms with E-state index in [1.807, 2.05) is 39.0 Å². The van der Waals surface area contributed by atoms with Crippen LogP contribution in [0.5, 0.6) is 11.5 Å². The zero-order valence-electron chi connectivity index (χ0n) is 28.9. The van der Waals surface area contributed by atoms with Crippen LogP contribution in [0.1, 0.15) is 36.7 Å². The smallest absolute Gasteiger partial charge is 0.296 e. The van der Waals surface area contributed by atoms with Crippen molar-refractivity contribution in [3.8, 4) is 11.5 Å². The molecular formula is C36H48N5O7S+. The number of rotatable bonds is 12. The maximum absolute atomic E-state index is 13.8. The van der Waals surface area contributed by atoms with Gasteiger partial charge in [-0.15, -0.1) is 0 Å². The molecule has 0 radical (unpaired) electrons. The van der Waals surface area contributed by atoms with Gasteiger partial charge in [0.2, 0.25) is 0 Å². The Labute approximate surface area is 288 Å². The van der Waals surface area contributed by atoms with Gasteiger partial charge in [-0.25, -0.2) is 8.42 Å². The number of piperazine rings is 3. The Balaban J connectivity index is 1.23. The second-order valence-corrected chi connectivity index (χ2v) is 16.0. The molecule has 7 rings (SSSR count). The van der Waals surface area contributed by atoms with Crippen LogP contribution in [0.4, 0.5) is 11.4 Å². The molecule has 0 unspecified atom stereocenters. The average molecular weight is 695 g/mol. The van der Waals surface area contributed by atoms with Gasteiger partial charge >= 0.3 is 0 Å². The van der Waals surface area contributed by atoms with Gasteiger partial charge < -0.3 is 24.0 Å². The van der Waals surface area contributed by atoms with Gasteiger partial charge in [0, 0.05) is 50.2 Å². The Kier molecular flexibility index (Phi) is 10.2. The van der Waals surface area contributed by atoms with Crippen LogP contribution in [-0.4, -0.2) is 126 Å². The number of fused-ring (bicyclic) bond motifs is 4. The number of hydrogen-bond acceptors (Lipinski definition) is 9. The molecule has 0 spiro atoms. The van der Waals surface area contributed by atoms with E-state index in [1.165, 1.54) is 7.11 Å². The van der Waals surface area contributed by atoms with Gasteiger partial charge in [0.1, 0.15) is 12.4 Å². The van der Waals surface area contributed by atoms with Gasteiger partial charge in [0.05, 0.1) is 51.3 Å². The van der Waals surface area contributed by atoms with E-state index in [2.05, 4.69) is 19.8 Å². The lowest BCUT2D eigenvalue weighted by molar-refractivity contribution is -0.930. The molecule has 1 amide bonds. The van der Waals surface area contributed by atoms with E-state index in [-0.39, 0.29) is 28.6 Å². The molecule has 3 aromatic rings. The van der Waals surface area contributed by atoms with Crippen molar-refractivity contribution < 1.29 is 36.7 Å². The molecule has 4 saturated heterocycles. The van der Waals surface area contributed by atoms with Crippen LogP contribution in [0.3, 0.4) is 0 Å². The van der Waals surface area contributed by atoms with E-state index in [4.69, 9.17) is 14.2 Å². The number of amides is 1. The average Bonchev–Trinajstić information content (AvgIpc) is 3.08. The maximum atomic E-state index is 13.8. The first-order chi connectivity index (χ1) is 23.4. The number of methoxy groups -OCH3 is 1. The fourth-order valence-electron chi connectivity index (χ4n) is 6.94. The van der Waals surface area contributed by atoms with E-state index in [0.717, 1.165) is 69.9 Å². The lowest BCUT2D eigenvalue weighted by atomic mass is 9.86. The minimum absolute atomic E-state index is 0.0378. The first kappa shape index (κ1) is 35.1. The maximum Gasteiger partial charge on any atom is 0.296 e. The van der Waals surface area contributed by atoms with Gasteiger partial charge in [0.15, 0.2) is 11.6 Å². The SMILES string of the molecule is COc1c(NC(=O)C(=O)c2ccc(OCCN3CCOCC3)c3ccccc23)cc(C(C)(C)C)cc1NS(=O)(=O)C[N+]12CCN(CC1)CC2. The molecule has 4 fully saturated rings. The number of Topliss-reactive ketones (excluding diaryl/α,β-unsaturated/α-hetero) is 1. The van der Waals surface area contributed by atoms with E-state index in [9.17, 15) is 18.0 Å². The summed E-state index contributed by atoms with van der Waals surface area (Å²) in [7, 11) is -2.38. The Bertz CT molecular complexity index is 1800. The van der Waals surface area contributed by atoms with Crippen LogP contribution in [0.15, 0.2) is 48.5 Å². The summed E-state index contributed by atoms with van der Waals surface area (Å²) in [4.78, 5) is 32.1. The molecule has 4 heterocycles. The minimum Gasteiger partial charge on any atom is -0.492 e. The Morgan fingerprint density at radius 2 is 1.57 bits per heavy atom. The molecule has 3 aromatic carbocycles. The number of morpholine rings is 1. The molecule has 0 atom stereocenters. The fraction of sp³-hybridized carbons (Fsp3) is 0.500. The lowest BCUT2D eigenvalue weighted by Gasteiger charge is -2.49. The summed E-state index contributed by atoms with van der Waals surface area (Å²) >= 11 is 0. The summed E-state index contributed by atoms with van der Waals surface area (Å²) in [5, 5.41) is 4.08. The van der Waals surface area contributed by atoms with Crippen molar-refractivity contribution in [3.63, 3.8) is 0 Å². The van der Waals surface area contributed by atoms with Crippen molar-refractivity contribution in [2.45, 2.75) is 26.2 Å². The highest BCUT2D eigenvalue weighted by atomic mass is 32.2. The highest BCUT2D eigenvalue weighted by Gasteiger charge is 2.42. The monoisotopic (exact) mass is 694 g/mol. The molecule has 2 bridgehead atoms. The summed E-state index contributed by atoms with van der Waals surface area (Å²) in [6, 6.07) is 14.2. The van der Waals surface area contributed by atoms with Gasteiger partial charge in [-0.2, -0.15) is 0 Å². The summed E-state index contributed by atoms with van der Waals surface area (Å²) in [5.74, 6) is -0.872. The van der Waals surface area contributed by atoms with Crippen molar-refractivity contribution >= 4 is 43.9 Å². The fourth-order valence-corrected chi connectivity index (χ4v) is 8.60. The third-order valence-electron chi connectivity index (χ3n) is 9.89. The Hall–Kier alpha value is -3.75. The van der Waals surface area contributed by atoms with E-state index in [0.29, 0.717) is 35.4 Å². The number of nitrogens with one attached hydrogen (secondary N) is 2. The predicted molar refractivity (Wildman–Crippen MR) is 190 cm³/mol. The highest BCUT2D eigenvalue weighted by Crippen LogP contribution is 2.40. The summed E-state index contributed by atoms with van der Waals surface area (Å²) in [6.45, 7) is 15.4. The van der Waals surface area contributed by atoms with Crippen LogP contribution in [0, 0.1) is 0 Å². The molecular weight excluding hydrogens is 646 g/mol. The van der Waals surface area contributed by atoms with Gasteiger partial charge in [-0.1, -0.05) is 45.0 Å². The number of sulfonamides is 1. The first-order valence-corrected chi connectivity index (χ1v) is 18.6. The zero-order valence-corrected chi connectivity index (χ0v) is 29.7. The van der Waals surface area contributed by atoms with Crippen LogP contribution < -0.4 is 19.5 Å². The molecule has 13 heteroatoms. The van der Waals surface area contributed by atoms with Crippen molar-refractivity contribution in [2.24, 2.45) is 0 Å². The van der Waals surface area contributed by atoms with Gasteiger partial charge in [-0.05, 0) is 40.6 Å². The van der Waals surface area contributed by atoms with Crippen molar-refractivity contribution in [1.82, 2.24) is 9.80 Å². The molecule has 4 aliphatic heterocycles. The third-order valence-corrected chi connectivity index (χ3v) is 11.3. The number of ketones is 1. The van der Waals surface area contributed by atoms with Crippen LogP contribution in [0.25, 0.3) is 10.8 Å². The zero-order chi connectivity index (χ0) is 34.8. The molecule has 49 heavy (non-hydrogen) atoms. The van der Waals surface area contributed by atoms with Crippen LogP contribution >= 0.6 is 0 Å². The number of nitrogens with zero attached hydrogens (tertiary/aromatic N) is 3. The van der Waals surface area contributed by atoms with E-state index < -0.39 is 27.1 Å². The van der Waals surface area contributed by atoms with Crippen molar-refractivity contribution in [3.05, 3.63) is 59.7 Å². The summed E-state index contributed by atoms with van der Waals surface area (Å²) in [5.41, 5.74) is 1.01. The number of benzene rings is 3. The number of hydrogen-bond donors (Lipinski definition) is 2. The summed E-state index contributed by atoms with van der Waals surface area (Å²) < 4.78 is 47.9. The minimum atomic E-state index is -3.80. The Morgan fingerprint density at radius 3 is 2.22 bits per heavy atom. The molecule has 0 saturated carbocycles. The predicted octanol–water partition coefficient (Wildman–Crippen LogP) is 3.52. The second-order valence-electron chi connectivity index (χ2n) is 14.3. The normalized spacial score (nSPS) is 21.3. The van der Waals surface area contributed by atoms with Gasteiger partial charge in [-0.3, -0.25) is 24.1 Å². The third kappa shape index (κ3) is 8.02. The van der Waals surface area contributed by atoms with Crippen LogP contribution in [-0.2, 0) is 25.0 Å². The largest absolute Gasteiger partial charge is 0.492 e. The number of carbonyl (C=O) groups excluding carboxylic acids is 2. The number of anilines is 2. The molecule has 12 nitrogen and oxygen atoms in total. The van der Waals surface area contributed by atoms with Crippen molar-refractivity contribution in [2.75, 3.05) is 102 Å². The van der Waals surface area contributed by atoms with Gasteiger partial charge in [0.25, 0.3) is 21.7 Å². The topological polar surface area (TPSA) is 127 Å². The lowest BCUT2D eigenvalue weighted by Crippen LogP contribution is -2.68. The Morgan fingerprint density at radius 1 is 0.918 bits per heavy atom. The van der Waals surface area contributed by atoms with E-state index >= 15 is 0 Å². The molecule has 4 aliphatic rings. The molecule has 2 N–H and O–H groups in total. The quantitative estimate of drug-likeness (QED) is 0.166. The molecule has 264 valence electrons. The number of ether oxygens (including phenoxy) is 3. The number of carbonyl (C=O) groups is 2. The van der Waals surface area contributed by atoms with E-state index in [1.54, 1.807) is 30.3 Å². The highest BCUT2D eigenvalue weighted by molar-refractivity contribution is 7.92. The first-order valence-electron chi connectivity index (χ1n) is 17.0. The van der Waals surface area contributed by atoms with Crippen LogP contribution in [0.2, 0.25) is 0 Å².